The van der Waals surface area contributed by atoms with Gasteiger partial charge in [-0.3, -0.25) is 0 Å². The summed E-state index contributed by atoms with van der Waals surface area (Å²) >= 11 is 0. The Morgan fingerprint density at radius 2 is 2.20 bits per heavy atom. The summed E-state index contributed by atoms with van der Waals surface area (Å²) in [5.74, 6) is -0.960. The van der Waals surface area contributed by atoms with Crippen molar-refractivity contribution in [3.8, 4) is 0 Å². The number of hydrogen-bond donors (Lipinski definition) is 2. The van der Waals surface area contributed by atoms with Gasteiger partial charge in [0, 0.05) is 6.08 Å². The number of aliphatic carboxylic acids is 1. The van der Waals surface area contributed by atoms with Crippen molar-refractivity contribution in [2.24, 2.45) is 0 Å². The predicted molar refractivity (Wildman–Crippen MR) is 37.7 cm³/mol. The average Bonchev–Trinajstić information content (AvgIpc) is 1.58. The lowest BCUT2D eigenvalue weighted by atomic mass is 10.1. The van der Waals surface area contributed by atoms with Crippen LogP contribution in [-0.2, 0) is 4.79 Å². The van der Waals surface area contributed by atoms with Gasteiger partial charge in [0.05, 0.1) is 6.10 Å². The van der Waals surface area contributed by atoms with Gasteiger partial charge in [0.2, 0.25) is 0 Å². The van der Waals surface area contributed by atoms with E-state index in [1.54, 1.807) is 13.8 Å². The van der Waals surface area contributed by atoms with Crippen molar-refractivity contribution in [2.75, 3.05) is 0 Å². The van der Waals surface area contributed by atoms with Crippen LogP contribution < -0.4 is 0 Å². The average molecular weight is 144 g/mol. The quantitative estimate of drug-likeness (QED) is 0.576. The minimum absolute atomic E-state index is 0.423. The van der Waals surface area contributed by atoms with Crippen molar-refractivity contribution in [3.05, 3.63) is 11.6 Å². The molecule has 2 N–H and O–H groups in total. The summed E-state index contributed by atoms with van der Waals surface area (Å²) in [4.78, 5) is 10.0. The first-order valence-corrected chi connectivity index (χ1v) is 3.10. The minimum Gasteiger partial charge on any atom is -0.478 e. The van der Waals surface area contributed by atoms with Gasteiger partial charge in [-0.1, -0.05) is 5.57 Å². The SMILES string of the molecule is C/C(=C\C(=O)O)CC(C)O. The summed E-state index contributed by atoms with van der Waals surface area (Å²) in [6, 6.07) is 0. The van der Waals surface area contributed by atoms with Gasteiger partial charge in [-0.25, -0.2) is 4.79 Å². The molecule has 0 saturated heterocycles. The highest BCUT2D eigenvalue weighted by atomic mass is 16.4. The summed E-state index contributed by atoms with van der Waals surface area (Å²) in [7, 11) is 0. The summed E-state index contributed by atoms with van der Waals surface area (Å²) in [5, 5.41) is 17.0. The normalized spacial score (nSPS) is 14.9. The first kappa shape index (κ1) is 9.17. The molecule has 0 heterocycles. The first-order valence-electron chi connectivity index (χ1n) is 3.10. The van der Waals surface area contributed by atoms with Crippen LogP contribution >= 0.6 is 0 Å². The van der Waals surface area contributed by atoms with E-state index >= 15 is 0 Å². The Hall–Kier alpha value is -0.830. The van der Waals surface area contributed by atoms with Gasteiger partial charge in [-0.2, -0.15) is 0 Å². The standard InChI is InChI=1S/C7H12O3/c1-5(3-6(2)8)4-7(9)10/h4,6,8H,3H2,1-2H3,(H,9,10)/b5-4+. The lowest BCUT2D eigenvalue weighted by molar-refractivity contribution is -0.131. The monoisotopic (exact) mass is 144 g/mol. The Bertz CT molecular complexity index is 147. The lowest BCUT2D eigenvalue weighted by Gasteiger charge is -2.01. The number of carboxylic acid groups (broad SMARTS) is 1. The van der Waals surface area contributed by atoms with Crippen LogP contribution in [0.5, 0.6) is 0 Å². The molecule has 0 aromatic carbocycles. The maximum Gasteiger partial charge on any atom is 0.328 e. The van der Waals surface area contributed by atoms with Gasteiger partial charge in [0.1, 0.15) is 0 Å². The highest BCUT2D eigenvalue weighted by Crippen LogP contribution is 2.02. The van der Waals surface area contributed by atoms with E-state index in [0.717, 1.165) is 6.08 Å². The van der Waals surface area contributed by atoms with Crippen molar-refractivity contribution in [3.63, 3.8) is 0 Å². The largest absolute Gasteiger partial charge is 0.478 e. The van der Waals surface area contributed by atoms with Crippen LogP contribution in [-0.4, -0.2) is 22.3 Å². The molecule has 0 aromatic rings. The van der Waals surface area contributed by atoms with Crippen molar-refractivity contribution >= 4 is 5.97 Å². The molecule has 0 aliphatic carbocycles. The Morgan fingerprint density at radius 1 is 1.70 bits per heavy atom. The fourth-order valence-corrected chi connectivity index (χ4v) is 0.736. The lowest BCUT2D eigenvalue weighted by Crippen LogP contribution is -2.01. The second-order valence-electron chi connectivity index (χ2n) is 2.38. The van der Waals surface area contributed by atoms with Gasteiger partial charge in [-0.15, -0.1) is 0 Å². The second kappa shape index (κ2) is 4.06. The van der Waals surface area contributed by atoms with Gasteiger partial charge < -0.3 is 10.2 Å². The Balaban J connectivity index is 3.83. The van der Waals surface area contributed by atoms with E-state index < -0.39 is 12.1 Å². The fraction of sp³-hybridized carbons (Fsp3) is 0.571. The molecule has 58 valence electrons. The molecule has 1 atom stereocenters. The predicted octanol–water partition coefficient (Wildman–Crippen LogP) is 0.788. The maximum atomic E-state index is 10.0. The molecule has 0 radical (unpaired) electrons. The van der Waals surface area contributed by atoms with Crippen LogP contribution in [0, 0.1) is 0 Å². The van der Waals surface area contributed by atoms with Crippen LogP contribution in [0.4, 0.5) is 0 Å². The molecular weight excluding hydrogens is 132 g/mol. The summed E-state index contributed by atoms with van der Waals surface area (Å²) in [6.45, 7) is 3.31. The van der Waals surface area contributed by atoms with Gasteiger partial charge in [0.25, 0.3) is 0 Å². The third-order valence-electron chi connectivity index (χ3n) is 0.987. The smallest absolute Gasteiger partial charge is 0.328 e. The molecule has 0 rings (SSSR count). The number of hydrogen-bond acceptors (Lipinski definition) is 2. The van der Waals surface area contributed by atoms with Gasteiger partial charge >= 0.3 is 5.97 Å². The van der Waals surface area contributed by atoms with Crippen LogP contribution in [0.15, 0.2) is 11.6 Å². The Labute approximate surface area is 60.0 Å². The van der Waals surface area contributed by atoms with E-state index in [-0.39, 0.29) is 0 Å². The molecule has 10 heavy (non-hydrogen) atoms. The van der Waals surface area contributed by atoms with Crippen molar-refractivity contribution in [2.45, 2.75) is 26.4 Å². The summed E-state index contributed by atoms with van der Waals surface area (Å²) in [6.07, 6.45) is 1.06. The molecule has 0 aliphatic rings. The second-order valence-corrected chi connectivity index (χ2v) is 2.38. The van der Waals surface area contributed by atoms with E-state index in [2.05, 4.69) is 0 Å². The molecule has 0 amide bonds. The zero-order chi connectivity index (χ0) is 8.15. The van der Waals surface area contributed by atoms with E-state index in [1.165, 1.54) is 0 Å². The van der Waals surface area contributed by atoms with E-state index in [0.29, 0.717) is 12.0 Å². The van der Waals surface area contributed by atoms with Crippen molar-refractivity contribution < 1.29 is 15.0 Å². The number of aliphatic hydroxyl groups excluding tert-OH is 1. The third kappa shape index (κ3) is 5.31. The summed E-state index contributed by atoms with van der Waals surface area (Å²) < 4.78 is 0. The zero-order valence-corrected chi connectivity index (χ0v) is 6.16. The molecule has 0 saturated carbocycles. The molecule has 0 spiro atoms. The number of rotatable bonds is 3. The van der Waals surface area contributed by atoms with Gasteiger partial charge in [-0.05, 0) is 20.3 Å². The third-order valence-corrected chi connectivity index (χ3v) is 0.987. The highest BCUT2D eigenvalue weighted by Gasteiger charge is 1.98. The van der Waals surface area contributed by atoms with Crippen molar-refractivity contribution in [1.29, 1.82) is 0 Å². The fourth-order valence-electron chi connectivity index (χ4n) is 0.736. The molecule has 0 fully saturated rings. The zero-order valence-electron chi connectivity index (χ0n) is 6.16. The topological polar surface area (TPSA) is 57.5 Å². The van der Waals surface area contributed by atoms with Crippen LogP contribution in [0.25, 0.3) is 0 Å². The van der Waals surface area contributed by atoms with E-state index in [4.69, 9.17) is 10.2 Å². The van der Waals surface area contributed by atoms with Crippen molar-refractivity contribution in [1.82, 2.24) is 0 Å². The Morgan fingerprint density at radius 3 is 2.50 bits per heavy atom. The van der Waals surface area contributed by atoms with Crippen LogP contribution in [0.2, 0.25) is 0 Å². The van der Waals surface area contributed by atoms with Crippen LogP contribution in [0.1, 0.15) is 20.3 Å². The molecule has 3 heteroatoms. The van der Waals surface area contributed by atoms with E-state index in [9.17, 15) is 4.79 Å². The maximum absolute atomic E-state index is 10.0. The summed E-state index contributed by atoms with van der Waals surface area (Å²) in [5.41, 5.74) is 0.683. The molecule has 3 nitrogen and oxygen atoms in total. The molecule has 0 bridgehead atoms. The number of aliphatic hydroxyl groups is 1. The number of carbonyl (C=O) groups is 1. The highest BCUT2D eigenvalue weighted by molar-refractivity contribution is 5.80. The van der Waals surface area contributed by atoms with E-state index in [1.807, 2.05) is 0 Å². The first-order chi connectivity index (χ1) is 4.52. The minimum atomic E-state index is -0.960. The molecule has 0 aliphatic heterocycles. The molecule has 0 aromatic heterocycles. The van der Waals surface area contributed by atoms with Gasteiger partial charge in [0.15, 0.2) is 0 Å². The molecule has 1 unspecified atom stereocenters. The van der Waals surface area contributed by atoms with Crippen LogP contribution in [0.3, 0.4) is 0 Å². The Kier molecular flexibility index (Phi) is 3.72. The molecular formula is C7H12O3. The number of carboxylic acids is 1.